The molecule has 6 heteroatoms. The Morgan fingerprint density at radius 2 is 2.14 bits per heavy atom. The van der Waals surface area contributed by atoms with E-state index in [2.05, 4.69) is 10.3 Å². The lowest BCUT2D eigenvalue weighted by atomic mass is 10.1. The molecule has 1 amide bonds. The Morgan fingerprint density at radius 1 is 1.33 bits per heavy atom. The topological polar surface area (TPSA) is 51.2 Å². The molecule has 2 aromatic rings. The number of hydrogen-bond donors (Lipinski definition) is 1. The van der Waals surface area contributed by atoms with Gasteiger partial charge in [-0.2, -0.15) is 0 Å². The lowest BCUT2D eigenvalue weighted by Gasteiger charge is -2.10. The van der Waals surface area contributed by atoms with Crippen LogP contribution in [0.5, 0.6) is 5.75 Å². The summed E-state index contributed by atoms with van der Waals surface area (Å²) in [5, 5.41) is 3.26. The van der Waals surface area contributed by atoms with Crippen LogP contribution in [0.1, 0.15) is 21.5 Å². The van der Waals surface area contributed by atoms with Crippen molar-refractivity contribution in [2.24, 2.45) is 0 Å². The quantitative estimate of drug-likeness (QED) is 0.853. The van der Waals surface area contributed by atoms with Crippen molar-refractivity contribution in [3.63, 3.8) is 0 Å². The summed E-state index contributed by atoms with van der Waals surface area (Å²) >= 11 is 11.8. The van der Waals surface area contributed by atoms with Gasteiger partial charge in [0.2, 0.25) is 0 Å². The van der Waals surface area contributed by atoms with Crippen molar-refractivity contribution in [2.75, 3.05) is 11.9 Å². The van der Waals surface area contributed by atoms with Crippen LogP contribution in [0.15, 0.2) is 24.3 Å². The van der Waals surface area contributed by atoms with Crippen LogP contribution in [0.25, 0.3) is 0 Å². The number of anilines is 1. The molecule has 2 heterocycles. The Kier molecular flexibility index (Phi) is 3.74. The predicted molar refractivity (Wildman–Crippen MR) is 82.6 cm³/mol. The maximum absolute atomic E-state index is 12.3. The third-order valence-electron chi connectivity index (χ3n) is 3.33. The second-order valence-electron chi connectivity index (χ2n) is 4.80. The first kappa shape index (κ1) is 14.2. The highest BCUT2D eigenvalue weighted by atomic mass is 35.5. The van der Waals surface area contributed by atoms with Crippen molar-refractivity contribution in [3.8, 4) is 5.75 Å². The normalized spacial score (nSPS) is 12.7. The summed E-state index contributed by atoms with van der Waals surface area (Å²) in [7, 11) is 0. The van der Waals surface area contributed by atoms with Crippen LogP contribution < -0.4 is 10.1 Å². The molecule has 1 aromatic carbocycles. The third-order valence-corrected chi connectivity index (χ3v) is 3.80. The number of ether oxygens (including phenoxy) is 1. The molecule has 1 aliphatic heterocycles. The molecule has 108 valence electrons. The van der Waals surface area contributed by atoms with Crippen molar-refractivity contribution in [1.82, 2.24) is 4.98 Å². The first-order valence-electron chi connectivity index (χ1n) is 6.44. The van der Waals surface area contributed by atoms with Crippen LogP contribution in [0.2, 0.25) is 10.3 Å². The number of rotatable bonds is 2. The van der Waals surface area contributed by atoms with Crippen LogP contribution >= 0.6 is 23.2 Å². The average molecular weight is 323 g/mol. The largest absolute Gasteiger partial charge is 0.493 e. The number of nitrogens with one attached hydrogen (secondary N) is 1. The molecule has 4 nitrogen and oxygen atoms in total. The van der Waals surface area contributed by atoms with E-state index in [1.54, 1.807) is 12.1 Å². The number of benzene rings is 1. The van der Waals surface area contributed by atoms with Crippen molar-refractivity contribution in [2.45, 2.75) is 13.3 Å². The molecular weight excluding hydrogens is 311 g/mol. The number of aryl methyl sites for hydroxylation is 1. The maximum atomic E-state index is 12.3. The number of halogens is 2. The zero-order valence-corrected chi connectivity index (χ0v) is 12.8. The van der Waals surface area contributed by atoms with Gasteiger partial charge in [0.05, 0.1) is 12.3 Å². The summed E-state index contributed by atoms with van der Waals surface area (Å²) in [6.07, 6.45) is 0.818. The van der Waals surface area contributed by atoms with Gasteiger partial charge < -0.3 is 10.1 Å². The summed E-state index contributed by atoms with van der Waals surface area (Å²) in [6.45, 7) is 2.47. The maximum Gasteiger partial charge on any atom is 0.255 e. The van der Waals surface area contributed by atoms with Gasteiger partial charge >= 0.3 is 0 Å². The second kappa shape index (κ2) is 5.54. The molecular formula is C15H12Cl2N2O2. The van der Waals surface area contributed by atoms with E-state index in [0.29, 0.717) is 23.0 Å². The van der Waals surface area contributed by atoms with E-state index in [9.17, 15) is 4.79 Å². The van der Waals surface area contributed by atoms with E-state index in [1.165, 1.54) is 0 Å². The average Bonchev–Trinajstić information content (AvgIpc) is 2.89. The summed E-state index contributed by atoms with van der Waals surface area (Å²) in [5.74, 6) is 0.604. The fraction of sp³-hybridized carbons (Fsp3) is 0.200. The Hall–Kier alpha value is -1.78. The van der Waals surface area contributed by atoms with Gasteiger partial charge in [0.15, 0.2) is 5.15 Å². The van der Waals surface area contributed by atoms with Crippen LogP contribution in [0.3, 0.4) is 0 Å². The Morgan fingerprint density at radius 3 is 2.90 bits per heavy atom. The van der Waals surface area contributed by atoms with Crippen molar-refractivity contribution in [1.29, 1.82) is 0 Å². The minimum Gasteiger partial charge on any atom is -0.493 e. The first-order valence-corrected chi connectivity index (χ1v) is 7.20. The van der Waals surface area contributed by atoms with Gasteiger partial charge in [-0.15, -0.1) is 0 Å². The lowest BCUT2D eigenvalue weighted by molar-refractivity contribution is 0.102. The standard InChI is InChI=1S/C15H12Cl2N2O2/c1-8-6-12(16)18-14(17)13(8)19-15(20)10-2-3-11-9(7-10)4-5-21-11/h2-3,6-7H,4-5H2,1H3,(H,19,20). The van der Waals surface area contributed by atoms with Crippen LogP contribution in [0, 0.1) is 6.92 Å². The van der Waals surface area contributed by atoms with Gasteiger partial charge in [-0.1, -0.05) is 23.2 Å². The SMILES string of the molecule is Cc1cc(Cl)nc(Cl)c1NC(=O)c1ccc2c(c1)CCO2. The molecule has 0 spiro atoms. The monoisotopic (exact) mass is 322 g/mol. The highest BCUT2D eigenvalue weighted by Gasteiger charge is 2.17. The highest BCUT2D eigenvalue weighted by Crippen LogP contribution is 2.29. The van der Waals surface area contributed by atoms with Gasteiger partial charge in [-0.3, -0.25) is 4.79 Å². The smallest absolute Gasteiger partial charge is 0.255 e. The highest BCUT2D eigenvalue weighted by molar-refractivity contribution is 6.35. The van der Waals surface area contributed by atoms with Gasteiger partial charge in [0, 0.05) is 12.0 Å². The first-order chi connectivity index (χ1) is 10.0. The number of nitrogens with zero attached hydrogens (tertiary/aromatic N) is 1. The molecule has 0 atom stereocenters. The Labute approximate surface area is 132 Å². The molecule has 3 rings (SSSR count). The molecule has 0 saturated heterocycles. The molecule has 1 N–H and O–H groups in total. The minimum atomic E-state index is -0.237. The predicted octanol–water partition coefficient (Wildman–Crippen LogP) is 3.88. The summed E-state index contributed by atoms with van der Waals surface area (Å²) in [6, 6.07) is 7.03. The molecule has 0 unspecified atom stereocenters. The van der Waals surface area contributed by atoms with Crippen LogP contribution in [-0.4, -0.2) is 17.5 Å². The van der Waals surface area contributed by atoms with Crippen molar-refractivity contribution >= 4 is 34.8 Å². The zero-order chi connectivity index (χ0) is 15.0. The molecule has 0 bridgehead atoms. The van der Waals surface area contributed by atoms with E-state index in [4.69, 9.17) is 27.9 Å². The number of amides is 1. The van der Waals surface area contributed by atoms with E-state index in [1.807, 2.05) is 19.1 Å². The molecule has 0 aliphatic carbocycles. The Balaban J connectivity index is 1.87. The van der Waals surface area contributed by atoms with Crippen molar-refractivity contribution < 1.29 is 9.53 Å². The lowest BCUT2D eigenvalue weighted by Crippen LogP contribution is -2.13. The van der Waals surface area contributed by atoms with E-state index in [0.717, 1.165) is 23.3 Å². The van der Waals surface area contributed by atoms with Crippen LogP contribution in [-0.2, 0) is 6.42 Å². The fourth-order valence-corrected chi connectivity index (χ4v) is 2.84. The molecule has 0 fully saturated rings. The van der Waals surface area contributed by atoms with E-state index in [-0.39, 0.29) is 11.1 Å². The number of carbonyl (C=O) groups is 1. The molecule has 1 aromatic heterocycles. The van der Waals surface area contributed by atoms with Gasteiger partial charge in [0.25, 0.3) is 5.91 Å². The van der Waals surface area contributed by atoms with E-state index < -0.39 is 0 Å². The van der Waals surface area contributed by atoms with Crippen molar-refractivity contribution in [3.05, 3.63) is 51.3 Å². The molecule has 0 radical (unpaired) electrons. The number of fused-ring (bicyclic) bond motifs is 1. The van der Waals surface area contributed by atoms with E-state index >= 15 is 0 Å². The number of hydrogen-bond acceptors (Lipinski definition) is 3. The van der Waals surface area contributed by atoms with Crippen LogP contribution in [0.4, 0.5) is 5.69 Å². The number of aromatic nitrogens is 1. The molecule has 21 heavy (non-hydrogen) atoms. The molecule has 1 aliphatic rings. The van der Waals surface area contributed by atoms with Gasteiger partial charge in [-0.25, -0.2) is 4.98 Å². The number of carbonyl (C=O) groups excluding carboxylic acids is 1. The summed E-state index contributed by atoms with van der Waals surface area (Å²) in [5.41, 5.74) is 2.84. The fourth-order valence-electron chi connectivity index (χ4n) is 2.26. The summed E-state index contributed by atoms with van der Waals surface area (Å²) < 4.78 is 5.43. The Bertz CT molecular complexity index is 709. The minimum absolute atomic E-state index is 0.179. The number of pyridine rings is 1. The van der Waals surface area contributed by atoms with Gasteiger partial charge in [0.1, 0.15) is 10.9 Å². The third kappa shape index (κ3) is 2.82. The molecule has 0 saturated carbocycles. The summed E-state index contributed by atoms with van der Waals surface area (Å²) in [4.78, 5) is 16.3. The zero-order valence-electron chi connectivity index (χ0n) is 11.2. The van der Waals surface area contributed by atoms with Gasteiger partial charge in [-0.05, 0) is 42.3 Å². The second-order valence-corrected chi connectivity index (χ2v) is 5.55.